The van der Waals surface area contributed by atoms with E-state index in [4.69, 9.17) is 4.74 Å². The first-order valence-electron chi connectivity index (χ1n) is 6.85. The molecule has 5 nitrogen and oxygen atoms in total. The Hall–Kier alpha value is -0.810. The molecule has 1 aliphatic heterocycles. The minimum atomic E-state index is -0.375. The molecule has 0 aromatic rings. The minimum Gasteiger partial charge on any atom is -0.393 e. The van der Waals surface area contributed by atoms with Crippen LogP contribution < -0.4 is 5.32 Å². The van der Waals surface area contributed by atoms with E-state index in [-0.39, 0.29) is 24.3 Å². The van der Waals surface area contributed by atoms with Gasteiger partial charge in [-0.2, -0.15) is 0 Å². The van der Waals surface area contributed by atoms with Gasteiger partial charge in [0.05, 0.1) is 18.2 Å². The number of carbonyl (C=O) groups is 1. The van der Waals surface area contributed by atoms with E-state index in [9.17, 15) is 9.90 Å². The summed E-state index contributed by atoms with van der Waals surface area (Å²) in [6.45, 7) is 5.15. The molecule has 1 rings (SSSR count). The summed E-state index contributed by atoms with van der Waals surface area (Å²) in [5.41, 5.74) is 0. The standard InChI is InChI=1S/C13H26N2O3/c1-4-11(12-6-5-9-18-12)14-13(17)15(3)8-7-10(2)16/h10-12,16H,4-9H2,1-3H3,(H,14,17). The van der Waals surface area contributed by atoms with Crippen molar-refractivity contribution in [1.82, 2.24) is 10.2 Å². The fourth-order valence-corrected chi connectivity index (χ4v) is 2.13. The number of hydrogen-bond donors (Lipinski definition) is 2. The monoisotopic (exact) mass is 258 g/mol. The lowest BCUT2D eigenvalue weighted by Crippen LogP contribution is -2.48. The van der Waals surface area contributed by atoms with Crippen molar-refractivity contribution in [3.05, 3.63) is 0 Å². The zero-order valence-electron chi connectivity index (χ0n) is 11.7. The Morgan fingerprint density at radius 1 is 1.61 bits per heavy atom. The molecule has 0 aliphatic carbocycles. The quantitative estimate of drug-likeness (QED) is 0.756. The number of nitrogens with zero attached hydrogens (tertiary/aromatic N) is 1. The van der Waals surface area contributed by atoms with Crippen LogP contribution in [0.3, 0.4) is 0 Å². The van der Waals surface area contributed by atoms with Gasteiger partial charge in [0.25, 0.3) is 0 Å². The van der Waals surface area contributed by atoms with E-state index < -0.39 is 0 Å². The molecule has 0 spiro atoms. The van der Waals surface area contributed by atoms with Crippen LogP contribution >= 0.6 is 0 Å². The van der Waals surface area contributed by atoms with Gasteiger partial charge in [-0.15, -0.1) is 0 Å². The first-order chi connectivity index (χ1) is 8.54. The summed E-state index contributed by atoms with van der Waals surface area (Å²) in [4.78, 5) is 13.6. The third kappa shape index (κ3) is 4.82. The smallest absolute Gasteiger partial charge is 0.317 e. The van der Waals surface area contributed by atoms with Gasteiger partial charge in [0.1, 0.15) is 0 Å². The maximum absolute atomic E-state index is 12.0. The average Bonchev–Trinajstić information content (AvgIpc) is 2.86. The molecule has 3 unspecified atom stereocenters. The van der Waals surface area contributed by atoms with E-state index in [1.54, 1.807) is 18.9 Å². The third-order valence-corrected chi connectivity index (χ3v) is 3.39. The summed E-state index contributed by atoms with van der Waals surface area (Å²) in [6, 6.07) is 0.00648. The highest BCUT2D eigenvalue weighted by molar-refractivity contribution is 5.74. The van der Waals surface area contributed by atoms with Gasteiger partial charge in [0.15, 0.2) is 0 Å². The van der Waals surface area contributed by atoms with Crippen LogP contribution in [-0.2, 0) is 4.74 Å². The Labute approximate surface area is 109 Å². The van der Waals surface area contributed by atoms with Gasteiger partial charge in [-0.3, -0.25) is 0 Å². The topological polar surface area (TPSA) is 61.8 Å². The molecule has 106 valence electrons. The largest absolute Gasteiger partial charge is 0.393 e. The van der Waals surface area contributed by atoms with E-state index >= 15 is 0 Å². The number of nitrogens with one attached hydrogen (secondary N) is 1. The summed E-state index contributed by atoms with van der Waals surface area (Å²) in [5, 5.41) is 12.2. The van der Waals surface area contributed by atoms with Crippen LogP contribution in [0, 0.1) is 0 Å². The number of hydrogen-bond acceptors (Lipinski definition) is 3. The van der Waals surface area contributed by atoms with E-state index in [2.05, 4.69) is 12.2 Å². The lowest BCUT2D eigenvalue weighted by Gasteiger charge is -2.26. The number of aliphatic hydroxyl groups excluding tert-OH is 1. The molecule has 1 aliphatic rings. The van der Waals surface area contributed by atoms with Crippen molar-refractivity contribution in [1.29, 1.82) is 0 Å². The van der Waals surface area contributed by atoms with E-state index in [1.807, 2.05) is 0 Å². The Balaban J connectivity index is 2.36. The molecule has 1 heterocycles. The molecule has 1 fully saturated rings. The van der Waals surface area contributed by atoms with Crippen molar-refractivity contribution in [2.45, 2.75) is 57.8 Å². The summed E-state index contributed by atoms with van der Waals surface area (Å²) < 4.78 is 5.61. The van der Waals surface area contributed by atoms with Gasteiger partial charge in [0, 0.05) is 20.2 Å². The van der Waals surface area contributed by atoms with Crippen molar-refractivity contribution in [2.24, 2.45) is 0 Å². The summed E-state index contributed by atoms with van der Waals surface area (Å²) >= 11 is 0. The lowest BCUT2D eigenvalue weighted by molar-refractivity contribution is 0.0771. The van der Waals surface area contributed by atoms with Gasteiger partial charge in [-0.25, -0.2) is 4.79 Å². The summed E-state index contributed by atoms with van der Waals surface area (Å²) in [6.07, 6.45) is 3.36. The number of ether oxygens (including phenoxy) is 1. The van der Waals surface area contributed by atoms with E-state index in [1.165, 1.54) is 0 Å². The Morgan fingerprint density at radius 3 is 2.83 bits per heavy atom. The molecule has 2 N–H and O–H groups in total. The van der Waals surface area contributed by atoms with Crippen LogP contribution in [-0.4, -0.2) is 54.5 Å². The van der Waals surface area contributed by atoms with Crippen molar-refractivity contribution in [2.75, 3.05) is 20.2 Å². The Bertz CT molecular complexity index is 253. The number of carbonyl (C=O) groups excluding carboxylic acids is 1. The Morgan fingerprint density at radius 2 is 2.33 bits per heavy atom. The Kier molecular flexibility index (Phi) is 6.43. The predicted octanol–water partition coefficient (Wildman–Crippen LogP) is 1.36. The van der Waals surface area contributed by atoms with E-state index in [0.717, 1.165) is 25.9 Å². The zero-order chi connectivity index (χ0) is 13.5. The second kappa shape index (κ2) is 7.59. The number of amides is 2. The highest BCUT2D eigenvalue weighted by Crippen LogP contribution is 2.17. The van der Waals surface area contributed by atoms with Gasteiger partial charge < -0.3 is 20.1 Å². The number of aliphatic hydroxyl groups is 1. The lowest BCUT2D eigenvalue weighted by atomic mass is 10.1. The van der Waals surface area contributed by atoms with Gasteiger partial charge in [-0.05, 0) is 32.6 Å². The fourth-order valence-electron chi connectivity index (χ4n) is 2.13. The van der Waals surface area contributed by atoms with E-state index in [0.29, 0.717) is 13.0 Å². The molecular weight excluding hydrogens is 232 g/mol. The highest BCUT2D eigenvalue weighted by Gasteiger charge is 2.26. The number of rotatable bonds is 6. The van der Waals surface area contributed by atoms with Crippen LogP contribution in [0.4, 0.5) is 4.79 Å². The normalized spacial score (nSPS) is 22.6. The zero-order valence-corrected chi connectivity index (χ0v) is 11.7. The second-order valence-corrected chi connectivity index (χ2v) is 5.07. The molecule has 5 heteroatoms. The fraction of sp³-hybridized carbons (Fsp3) is 0.923. The second-order valence-electron chi connectivity index (χ2n) is 5.07. The first-order valence-corrected chi connectivity index (χ1v) is 6.85. The number of urea groups is 1. The maximum Gasteiger partial charge on any atom is 0.317 e. The molecule has 1 saturated heterocycles. The predicted molar refractivity (Wildman–Crippen MR) is 70.5 cm³/mol. The van der Waals surface area contributed by atoms with Crippen LogP contribution in [0.25, 0.3) is 0 Å². The summed E-state index contributed by atoms with van der Waals surface area (Å²) in [7, 11) is 1.75. The van der Waals surface area contributed by atoms with Crippen LogP contribution in [0.5, 0.6) is 0 Å². The maximum atomic E-state index is 12.0. The average molecular weight is 258 g/mol. The van der Waals surface area contributed by atoms with Gasteiger partial charge >= 0.3 is 6.03 Å². The minimum absolute atomic E-state index is 0.0852. The van der Waals surface area contributed by atoms with Crippen molar-refractivity contribution in [3.63, 3.8) is 0 Å². The van der Waals surface area contributed by atoms with Gasteiger partial charge in [0.2, 0.25) is 0 Å². The molecule has 0 saturated carbocycles. The third-order valence-electron chi connectivity index (χ3n) is 3.39. The molecule has 0 bridgehead atoms. The SMILES string of the molecule is CCC(NC(=O)N(C)CCC(C)O)C1CCCO1. The molecular formula is C13H26N2O3. The molecule has 3 atom stereocenters. The molecule has 0 aromatic heterocycles. The highest BCUT2D eigenvalue weighted by atomic mass is 16.5. The molecule has 0 radical (unpaired) electrons. The molecule has 2 amide bonds. The molecule has 0 aromatic carbocycles. The van der Waals surface area contributed by atoms with Crippen LogP contribution in [0.1, 0.15) is 39.5 Å². The van der Waals surface area contributed by atoms with Crippen molar-refractivity contribution >= 4 is 6.03 Å². The first kappa shape index (κ1) is 15.2. The van der Waals surface area contributed by atoms with Crippen LogP contribution in [0.15, 0.2) is 0 Å². The van der Waals surface area contributed by atoms with Gasteiger partial charge in [-0.1, -0.05) is 6.92 Å². The van der Waals surface area contributed by atoms with Crippen molar-refractivity contribution < 1.29 is 14.6 Å². The van der Waals surface area contributed by atoms with Crippen LogP contribution in [0.2, 0.25) is 0 Å². The molecule has 18 heavy (non-hydrogen) atoms. The summed E-state index contributed by atoms with van der Waals surface area (Å²) in [5.74, 6) is 0. The van der Waals surface area contributed by atoms with Crippen molar-refractivity contribution in [3.8, 4) is 0 Å².